The van der Waals surface area contributed by atoms with Crippen molar-refractivity contribution >= 4 is 54.6 Å². The minimum atomic E-state index is -4.00. The van der Waals surface area contributed by atoms with Crippen molar-refractivity contribution in [3.05, 3.63) is 94.4 Å². The van der Waals surface area contributed by atoms with Crippen molar-refractivity contribution in [2.24, 2.45) is 5.41 Å². The number of amides is 3. The summed E-state index contributed by atoms with van der Waals surface area (Å²) in [6.07, 6.45) is 4.42. The van der Waals surface area contributed by atoms with Gasteiger partial charge in [-0.25, -0.2) is 12.4 Å². The minimum absolute atomic E-state index is 0.0775. The molecule has 12 heteroatoms. The summed E-state index contributed by atoms with van der Waals surface area (Å²) in [5.74, 6) is -0.822. The number of rotatable bonds is 7. The lowest BCUT2D eigenvalue weighted by Gasteiger charge is -2.30. The first-order chi connectivity index (χ1) is 21.0. The van der Waals surface area contributed by atoms with E-state index < -0.39 is 22.1 Å². The molecule has 1 aliphatic carbocycles. The lowest BCUT2D eigenvalue weighted by molar-refractivity contribution is -0.140. The van der Waals surface area contributed by atoms with E-state index >= 15 is 0 Å². The Morgan fingerprint density at radius 3 is 2.66 bits per heavy atom. The Hall–Kier alpha value is -4.03. The second kappa shape index (κ2) is 10.3. The van der Waals surface area contributed by atoms with Gasteiger partial charge in [-0.3, -0.25) is 19.4 Å². The molecule has 4 aromatic rings. The van der Waals surface area contributed by atoms with E-state index in [1.54, 1.807) is 60.5 Å². The van der Waals surface area contributed by atoms with Gasteiger partial charge in [-0.15, -0.1) is 0 Å². The van der Waals surface area contributed by atoms with Gasteiger partial charge < -0.3 is 15.1 Å². The van der Waals surface area contributed by atoms with Gasteiger partial charge in [-0.05, 0) is 73.2 Å². The van der Waals surface area contributed by atoms with Crippen molar-refractivity contribution in [3.63, 3.8) is 0 Å². The first kappa shape index (κ1) is 28.7. The van der Waals surface area contributed by atoms with E-state index in [1.807, 2.05) is 6.07 Å². The molecule has 2 aromatic carbocycles. The number of carbonyl (C=O) groups excluding carboxylic acids is 3. The molecule has 1 saturated carbocycles. The van der Waals surface area contributed by atoms with Crippen molar-refractivity contribution in [2.75, 3.05) is 6.54 Å². The van der Waals surface area contributed by atoms with Gasteiger partial charge >= 0.3 is 0 Å². The number of carbonyl (C=O) groups is 3. The zero-order valence-electron chi connectivity index (χ0n) is 24.1. The topological polar surface area (TPSA) is 122 Å². The highest BCUT2D eigenvalue weighted by atomic mass is 79.9. The van der Waals surface area contributed by atoms with Crippen LogP contribution >= 0.6 is 15.9 Å². The maximum Gasteiger partial charge on any atom is 0.268 e. The van der Waals surface area contributed by atoms with Crippen LogP contribution in [0.2, 0.25) is 0 Å². The van der Waals surface area contributed by atoms with Crippen molar-refractivity contribution in [1.29, 1.82) is 0 Å². The summed E-state index contributed by atoms with van der Waals surface area (Å²) in [7, 11) is -4.00. The number of aromatic nitrogens is 2. The zero-order chi connectivity index (χ0) is 31.0. The molecule has 0 bridgehead atoms. The first-order valence-electron chi connectivity index (χ1n) is 14.4. The Morgan fingerprint density at radius 1 is 1.11 bits per heavy atom. The highest BCUT2D eigenvalue weighted by Crippen LogP contribution is 2.59. The standard InChI is InChI=1S/C32H30BrN5O5S/c1-19(26-13-20-16-34-11-10-25(20)38(26)44(42,43)23-6-4-3-5-7-23)35-30(40)27-14-32(2)15-28(32)37(27)29(39)18-36-17-21-12-22(33)8-9-24(21)31(36)41/h3-13,16,19,27-28H,14-15,17-18H2,1-2H3,(H,35,40)/t19?,27-,28-,32+/m0/s1. The van der Waals surface area contributed by atoms with Crippen LogP contribution in [0, 0.1) is 5.41 Å². The summed E-state index contributed by atoms with van der Waals surface area (Å²) < 4.78 is 29.8. The molecule has 7 rings (SSSR count). The fourth-order valence-corrected chi connectivity index (χ4v) is 8.82. The van der Waals surface area contributed by atoms with Crippen molar-refractivity contribution < 1.29 is 22.8 Å². The Kier molecular flexibility index (Phi) is 6.70. The summed E-state index contributed by atoms with van der Waals surface area (Å²) in [6.45, 7) is 4.02. The van der Waals surface area contributed by atoms with E-state index in [2.05, 4.69) is 33.2 Å². The second-order valence-corrected chi connectivity index (χ2v) is 14.9. The second-order valence-electron chi connectivity index (χ2n) is 12.2. The van der Waals surface area contributed by atoms with Gasteiger partial charge in [0.1, 0.15) is 12.6 Å². The summed E-state index contributed by atoms with van der Waals surface area (Å²) in [5, 5.41) is 3.63. The summed E-state index contributed by atoms with van der Waals surface area (Å²) in [5.41, 5.74) is 2.10. The van der Waals surface area contributed by atoms with E-state index in [4.69, 9.17) is 0 Å². The molecule has 44 heavy (non-hydrogen) atoms. The number of benzene rings is 2. The number of hydrogen-bond acceptors (Lipinski definition) is 6. The summed E-state index contributed by atoms with van der Waals surface area (Å²) >= 11 is 3.44. The van der Waals surface area contributed by atoms with Crippen LogP contribution in [0.3, 0.4) is 0 Å². The van der Waals surface area contributed by atoms with Crippen molar-refractivity contribution in [2.45, 2.75) is 56.3 Å². The number of likely N-dealkylation sites (tertiary alicyclic amines) is 1. The summed E-state index contributed by atoms with van der Waals surface area (Å²) in [6, 6.07) is 15.4. The Bertz CT molecular complexity index is 1960. The fraction of sp³-hybridized carbons (Fsp3) is 0.312. The van der Waals surface area contributed by atoms with Gasteiger partial charge in [0.25, 0.3) is 15.9 Å². The molecule has 2 fully saturated rings. The molecule has 10 nitrogen and oxygen atoms in total. The Balaban J connectivity index is 1.14. The number of piperidine rings is 1. The molecule has 3 aliphatic rings. The Labute approximate surface area is 263 Å². The molecule has 3 amide bonds. The maximum atomic E-state index is 13.9. The minimum Gasteiger partial charge on any atom is -0.346 e. The highest BCUT2D eigenvalue weighted by molar-refractivity contribution is 9.10. The average Bonchev–Trinajstić information content (AvgIpc) is 3.26. The van der Waals surface area contributed by atoms with Crippen LogP contribution < -0.4 is 5.32 Å². The van der Waals surface area contributed by atoms with Crippen LogP contribution in [0.1, 0.15) is 54.3 Å². The normalized spacial score (nSPS) is 23.0. The van der Waals surface area contributed by atoms with Gasteiger partial charge in [0, 0.05) is 40.4 Å². The van der Waals surface area contributed by atoms with Crippen LogP contribution in [0.5, 0.6) is 0 Å². The third-order valence-corrected chi connectivity index (χ3v) is 11.4. The fourth-order valence-electron chi connectivity index (χ4n) is 6.79. The summed E-state index contributed by atoms with van der Waals surface area (Å²) in [4.78, 5) is 48.1. The quantitative estimate of drug-likeness (QED) is 0.313. The number of pyridine rings is 1. The SMILES string of the molecule is CC(NC(=O)[C@@H]1C[C@]2(C)C[C@@H]2N1C(=O)CN1Cc2cc(Br)ccc2C1=O)c1cc2cnccc2n1S(=O)(=O)c1ccccc1. The molecule has 4 heterocycles. The van der Waals surface area contributed by atoms with E-state index in [9.17, 15) is 22.8 Å². The molecule has 2 aromatic heterocycles. The number of halogens is 1. The predicted octanol–water partition coefficient (Wildman–Crippen LogP) is 4.25. The van der Waals surface area contributed by atoms with E-state index in [1.165, 1.54) is 27.2 Å². The van der Waals surface area contributed by atoms with Gasteiger partial charge in [0.15, 0.2) is 0 Å². The molecule has 1 saturated heterocycles. The molecular weight excluding hydrogens is 646 g/mol. The van der Waals surface area contributed by atoms with E-state index in [-0.39, 0.29) is 40.6 Å². The molecule has 1 N–H and O–H groups in total. The number of hydrogen-bond donors (Lipinski definition) is 1. The Morgan fingerprint density at radius 2 is 1.89 bits per heavy atom. The lowest BCUT2D eigenvalue weighted by Crippen LogP contribution is -2.51. The number of fused-ring (bicyclic) bond motifs is 3. The number of nitrogens with one attached hydrogen (secondary N) is 1. The van der Waals surface area contributed by atoms with Crippen LogP contribution in [0.15, 0.2) is 82.4 Å². The maximum absolute atomic E-state index is 13.9. The largest absolute Gasteiger partial charge is 0.346 e. The van der Waals surface area contributed by atoms with Gasteiger partial charge in [-0.1, -0.05) is 41.1 Å². The lowest BCUT2D eigenvalue weighted by atomic mass is 10.0. The number of nitrogens with zero attached hydrogens (tertiary/aromatic N) is 4. The van der Waals surface area contributed by atoms with Crippen molar-refractivity contribution in [3.8, 4) is 0 Å². The molecule has 226 valence electrons. The molecular formula is C32H30BrN5O5S. The third-order valence-electron chi connectivity index (χ3n) is 9.17. The first-order valence-corrected chi connectivity index (χ1v) is 16.7. The molecule has 2 aliphatic heterocycles. The highest BCUT2D eigenvalue weighted by Gasteiger charge is 2.64. The average molecular weight is 677 g/mol. The van der Waals surface area contributed by atoms with Crippen LogP contribution in [-0.4, -0.2) is 63.5 Å². The zero-order valence-corrected chi connectivity index (χ0v) is 26.5. The predicted molar refractivity (Wildman–Crippen MR) is 166 cm³/mol. The van der Waals surface area contributed by atoms with Gasteiger partial charge in [0.2, 0.25) is 11.8 Å². The third kappa shape index (κ3) is 4.62. The van der Waals surface area contributed by atoms with Gasteiger partial charge in [-0.2, -0.15) is 0 Å². The molecule has 0 spiro atoms. The molecule has 0 radical (unpaired) electrons. The van der Waals surface area contributed by atoms with Crippen molar-refractivity contribution in [1.82, 2.24) is 24.1 Å². The smallest absolute Gasteiger partial charge is 0.268 e. The van der Waals surface area contributed by atoms with Gasteiger partial charge in [0.05, 0.1) is 22.1 Å². The van der Waals surface area contributed by atoms with E-state index in [0.29, 0.717) is 35.1 Å². The monoisotopic (exact) mass is 675 g/mol. The molecule has 1 unspecified atom stereocenters. The van der Waals surface area contributed by atoms with E-state index in [0.717, 1.165) is 16.5 Å². The van der Waals surface area contributed by atoms with Crippen LogP contribution in [-0.2, 0) is 26.2 Å². The van der Waals surface area contributed by atoms with Crippen LogP contribution in [0.4, 0.5) is 0 Å². The molecule has 4 atom stereocenters. The van der Waals surface area contributed by atoms with Crippen LogP contribution in [0.25, 0.3) is 10.9 Å².